The molecule has 6 nitrogen and oxygen atoms in total. The van der Waals surface area contributed by atoms with E-state index in [0.717, 1.165) is 27.6 Å². The molecule has 0 unspecified atom stereocenters. The average Bonchev–Trinajstić information content (AvgIpc) is 3.07. The van der Waals surface area contributed by atoms with Crippen molar-refractivity contribution in [1.29, 1.82) is 0 Å². The van der Waals surface area contributed by atoms with Gasteiger partial charge in [-0.2, -0.15) is 0 Å². The zero-order chi connectivity index (χ0) is 20.1. The number of carbonyl (C=O) groups excluding carboxylic acids is 2. The predicted molar refractivity (Wildman–Crippen MR) is 107 cm³/mol. The van der Waals surface area contributed by atoms with Crippen molar-refractivity contribution in [2.24, 2.45) is 0 Å². The summed E-state index contributed by atoms with van der Waals surface area (Å²) >= 11 is 0. The Morgan fingerprint density at radius 2 is 1.82 bits per heavy atom. The molecule has 0 aliphatic carbocycles. The number of aryl methyl sites for hydroxylation is 2. The van der Waals surface area contributed by atoms with Gasteiger partial charge in [-0.1, -0.05) is 24.3 Å². The zero-order valence-corrected chi connectivity index (χ0v) is 16.2. The zero-order valence-electron chi connectivity index (χ0n) is 16.2. The molecule has 3 rings (SSSR count). The molecule has 0 bridgehead atoms. The third-order valence-electron chi connectivity index (χ3n) is 4.49. The number of para-hydroxylation sites is 1. The van der Waals surface area contributed by atoms with E-state index in [1.165, 1.54) is 7.11 Å². The molecule has 3 aromatic rings. The molecule has 1 heterocycles. The van der Waals surface area contributed by atoms with Crippen molar-refractivity contribution in [2.75, 3.05) is 13.7 Å². The molecule has 0 radical (unpaired) electrons. The lowest BCUT2D eigenvalue weighted by molar-refractivity contribution is -0.145. The highest BCUT2D eigenvalue weighted by atomic mass is 16.5. The molecule has 0 saturated heterocycles. The van der Waals surface area contributed by atoms with Gasteiger partial charge in [0.2, 0.25) is 0 Å². The number of hydrogen-bond donors (Lipinski definition) is 2. The summed E-state index contributed by atoms with van der Waals surface area (Å²) in [5, 5.41) is 3.73. The molecule has 146 valence electrons. The van der Waals surface area contributed by atoms with Crippen molar-refractivity contribution in [3.05, 3.63) is 65.4 Å². The van der Waals surface area contributed by atoms with Crippen LogP contribution in [0.3, 0.4) is 0 Å². The van der Waals surface area contributed by atoms with Gasteiger partial charge in [0.25, 0.3) is 5.91 Å². The SMILES string of the molecule is COC(=O)[C@@H](Cc1c[nH]c2ccccc12)NC(=O)COc1cc(C)cc(C)c1. The van der Waals surface area contributed by atoms with Crippen LogP contribution in [-0.2, 0) is 20.7 Å². The van der Waals surface area contributed by atoms with E-state index in [9.17, 15) is 9.59 Å². The number of aromatic amines is 1. The fraction of sp³-hybridized carbons (Fsp3) is 0.273. The summed E-state index contributed by atoms with van der Waals surface area (Å²) < 4.78 is 10.4. The van der Waals surface area contributed by atoms with Crippen LogP contribution in [-0.4, -0.2) is 36.6 Å². The number of benzene rings is 2. The van der Waals surface area contributed by atoms with Gasteiger partial charge in [-0.15, -0.1) is 0 Å². The second-order valence-electron chi connectivity index (χ2n) is 6.82. The van der Waals surface area contributed by atoms with Gasteiger partial charge >= 0.3 is 5.97 Å². The van der Waals surface area contributed by atoms with E-state index in [4.69, 9.17) is 9.47 Å². The van der Waals surface area contributed by atoms with Crippen molar-refractivity contribution >= 4 is 22.8 Å². The maximum Gasteiger partial charge on any atom is 0.328 e. The summed E-state index contributed by atoms with van der Waals surface area (Å²) in [7, 11) is 1.31. The van der Waals surface area contributed by atoms with Crippen LogP contribution in [0.4, 0.5) is 0 Å². The number of aromatic nitrogens is 1. The topological polar surface area (TPSA) is 80.4 Å². The predicted octanol–water partition coefficient (Wildman–Crippen LogP) is 3.06. The molecular formula is C22H24N2O4. The van der Waals surface area contributed by atoms with Crippen LogP contribution in [0.5, 0.6) is 5.75 Å². The summed E-state index contributed by atoms with van der Waals surface area (Å²) in [4.78, 5) is 27.7. The molecule has 2 aromatic carbocycles. The van der Waals surface area contributed by atoms with E-state index < -0.39 is 12.0 Å². The lowest BCUT2D eigenvalue weighted by atomic mass is 10.0. The molecule has 28 heavy (non-hydrogen) atoms. The maximum absolute atomic E-state index is 12.4. The van der Waals surface area contributed by atoms with Gasteiger partial charge in [0, 0.05) is 23.5 Å². The minimum atomic E-state index is -0.792. The van der Waals surface area contributed by atoms with E-state index in [2.05, 4.69) is 10.3 Å². The third kappa shape index (κ3) is 4.71. The maximum atomic E-state index is 12.4. The van der Waals surface area contributed by atoms with Crippen LogP contribution in [0, 0.1) is 13.8 Å². The van der Waals surface area contributed by atoms with Crippen molar-refractivity contribution < 1.29 is 19.1 Å². The smallest absolute Gasteiger partial charge is 0.328 e. The Morgan fingerprint density at radius 1 is 1.11 bits per heavy atom. The van der Waals surface area contributed by atoms with Gasteiger partial charge < -0.3 is 19.8 Å². The molecule has 0 aliphatic rings. The van der Waals surface area contributed by atoms with Gasteiger partial charge in [-0.3, -0.25) is 4.79 Å². The number of hydrogen-bond acceptors (Lipinski definition) is 4. The van der Waals surface area contributed by atoms with Gasteiger partial charge in [-0.25, -0.2) is 4.79 Å². The number of amides is 1. The van der Waals surface area contributed by atoms with Gasteiger partial charge in [-0.05, 0) is 48.7 Å². The number of fused-ring (bicyclic) bond motifs is 1. The van der Waals surface area contributed by atoms with Crippen molar-refractivity contribution in [3.8, 4) is 5.75 Å². The molecule has 0 fully saturated rings. The number of carbonyl (C=O) groups is 2. The van der Waals surface area contributed by atoms with Gasteiger partial charge in [0.15, 0.2) is 6.61 Å². The Bertz CT molecular complexity index is 973. The van der Waals surface area contributed by atoms with Crippen LogP contribution in [0.15, 0.2) is 48.7 Å². The fourth-order valence-electron chi connectivity index (χ4n) is 3.26. The first-order valence-electron chi connectivity index (χ1n) is 9.09. The van der Waals surface area contributed by atoms with E-state index in [-0.39, 0.29) is 12.5 Å². The largest absolute Gasteiger partial charge is 0.484 e. The molecule has 0 aliphatic heterocycles. The lowest BCUT2D eigenvalue weighted by Gasteiger charge is -2.17. The number of ether oxygens (including phenoxy) is 2. The van der Waals surface area contributed by atoms with Crippen LogP contribution >= 0.6 is 0 Å². The number of methoxy groups -OCH3 is 1. The van der Waals surface area contributed by atoms with Crippen molar-refractivity contribution in [1.82, 2.24) is 10.3 Å². The minimum absolute atomic E-state index is 0.176. The number of rotatable bonds is 7. The second-order valence-corrected chi connectivity index (χ2v) is 6.82. The minimum Gasteiger partial charge on any atom is -0.484 e. The summed E-state index contributed by atoms with van der Waals surface area (Å²) in [5.74, 6) is -0.252. The summed E-state index contributed by atoms with van der Waals surface area (Å²) in [6, 6.07) is 12.8. The van der Waals surface area contributed by atoms with E-state index in [0.29, 0.717) is 12.2 Å². The number of esters is 1. The number of H-pyrrole nitrogens is 1. The van der Waals surface area contributed by atoms with Crippen LogP contribution in [0.1, 0.15) is 16.7 Å². The molecule has 1 amide bonds. The molecule has 1 aromatic heterocycles. The highest BCUT2D eigenvalue weighted by Gasteiger charge is 2.23. The number of nitrogens with one attached hydrogen (secondary N) is 2. The summed E-state index contributed by atoms with van der Waals surface area (Å²) in [6.07, 6.45) is 2.17. The highest BCUT2D eigenvalue weighted by molar-refractivity contribution is 5.87. The molecule has 0 saturated carbocycles. The molecule has 6 heteroatoms. The Kier molecular flexibility index (Phi) is 5.99. The van der Waals surface area contributed by atoms with Crippen LogP contribution < -0.4 is 10.1 Å². The first kappa shape index (κ1) is 19.5. The van der Waals surface area contributed by atoms with Crippen LogP contribution in [0.2, 0.25) is 0 Å². The van der Waals surface area contributed by atoms with E-state index >= 15 is 0 Å². The fourth-order valence-corrected chi connectivity index (χ4v) is 3.26. The standard InChI is InChI=1S/C22H24N2O4/c1-14-8-15(2)10-17(9-14)28-13-21(25)24-20(22(26)27-3)11-16-12-23-19-7-5-4-6-18(16)19/h4-10,12,20,23H,11,13H2,1-3H3,(H,24,25)/t20-/m1/s1. The van der Waals surface area contributed by atoms with E-state index in [1.54, 1.807) is 0 Å². The van der Waals surface area contributed by atoms with Gasteiger partial charge in [0.05, 0.1) is 7.11 Å². The Hall–Kier alpha value is -3.28. The molecular weight excluding hydrogens is 356 g/mol. The first-order valence-corrected chi connectivity index (χ1v) is 9.09. The van der Waals surface area contributed by atoms with Gasteiger partial charge in [0.1, 0.15) is 11.8 Å². The van der Waals surface area contributed by atoms with Crippen molar-refractivity contribution in [3.63, 3.8) is 0 Å². The summed E-state index contributed by atoms with van der Waals surface area (Å²) in [5.41, 5.74) is 4.02. The Morgan fingerprint density at radius 3 is 2.54 bits per heavy atom. The first-order chi connectivity index (χ1) is 13.5. The highest BCUT2D eigenvalue weighted by Crippen LogP contribution is 2.19. The molecule has 0 spiro atoms. The summed E-state index contributed by atoms with van der Waals surface area (Å²) in [6.45, 7) is 3.76. The quantitative estimate of drug-likeness (QED) is 0.618. The normalized spacial score (nSPS) is 11.8. The second kappa shape index (κ2) is 8.61. The molecule has 1 atom stereocenters. The average molecular weight is 380 g/mol. The third-order valence-corrected chi connectivity index (χ3v) is 4.49. The Labute approximate surface area is 163 Å². The molecule has 2 N–H and O–H groups in total. The lowest BCUT2D eigenvalue weighted by Crippen LogP contribution is -2.44. The van der Waals surface area contributed by atoms with Crippen LogP contribution in [0.25, 0.3) is 10.9 Å². The van der Waals surface area contributed by atoms with E-state index in [1.807, 2.05) is 62.5 Å². The monoisotopic (exact) mass is 380 g/mol. The van der Waals surface area contributed by atoms with Crippen molar-refractivity contribution in [2.45, 2.75) is 26.3 Å². The Balaban J connectivity index is 1.66.